The van der Waals surface area contributed by atoms with Crippen LogP contribution in [0.3, 0.4) is 0 Å². The van der Waals surface area contributed by atoms with Crippen molar-refractivity contribution in [2.24, 2.45) is 0 Å². The zero-order valence-electron chi connectivity index (χ0n) is 11.8. The number of carbonyl (C=O) groups is 1. The lowest BCUT2D eigenvalue weighted by atomic mass is 10.1. The lowest BCUT2D eigenvalue weighted by Gasteiger charge is -2.24. The summed E-state index contributed by atoms with van der Waals surface area (Å²) < 4.78 is 0. The molecule has 1 aromatic heterocycles. The van der Waals surface area contributed by atoms with Crippen molar-refractivity contribution in [2.45, 2.75) is 26.3 Å². The molecule has 0 spiro atoms. The molecule has 2 aromatic rings. The highest BCUT2D eigenvalue weighted by Crippen LogP contribution is 2.27. The number of aromatic nitrogens is 1. The highest BCUT2D eigenvalue weighted by Gasteiger charge is 2.26. The largest absolute Gasteiger partial charge is 0.326 e. The third kappa shape index (κ3) is 4.09. The molecule has 0 radical (unpaired) electrons. The monoisotopic (exact) mass is 343 g/mol. The molecule has 2 amide bonds. The summed E-state index contributed by atoms with van der Waals surface area (Å²) in [6, 6.07) is 4.53. The lowest BCUT2D eigenvalue weighted by Crippen LogP contribution is -2.43. The van der Waals surface area contributed by atoms with Gasteiger partial charge in [-0.2, -0.15) is 0 Å². The number of anilines is 1. The van der Waals surface area contributed by atoms with Crippen LogP contribution in [0.2, 0.25) is 10.0 Å². The second-order valence-corrected chi connectivity index (χ2v) is 7.18. The first kappa shape index (κ1) is 16.1. The third-order valence-corrected chi connectivity index (χ3v) is 4.56. The molecular weight excluding hydrogens is 329 g/mol. The highest BCUT2D eigenvalue weighted by molar-refractivity contribution is 7.11. The average molecular weight is 344 g/mol. The Morgan fingerprint density at radius 1 is 1.33 bits per heavy atom. The lowest BCUT2D eigenvalue weighted by molar-refractivity contribution is 0.242. The van der Waals surface area contributed by atoms with Gasteiger partial charge in [0.25, 0.3) is 0 Å². The van der Waals surface area contributed by atoms with Crippen molar-refractivity contribution in [3.8, 4) is 0 Å². The minimum Gasteiger partial charge on any atom is -0.326 e. The van der Waals surface area contributed by atoms with Crippen LogP contribution in [0.4, 0.5) is 10.5 Å². The average Bonchev–Trinajstić information content (AvgIpc) is 2.81. The van der Waals surface area contributed by atoms with Crippen LogP contribution in [-0.2, 0) is 5.54 Å². The van der Waals surface area contributed by atoms with Gasteiger partial charge in [0.2, 0.25) is 0 Å². The number of urea groups is 1. The highest BCUT2D eigenvalue weighted by atomic mass is 35.5. The molecule has 7 heteroatoms. The van der Waals surface area contributed by atoms with Gasteiger partial charge in [-0.05, 0) is 39.0 Å². The second-order valence-electron chi connectivity index (χ2n) is 5.10. The number of halogens is 2. The van der Waals surface area contributed by atoms with Gasteiger partial charge in [0.15, 0.2) is 0 Å². The van der Waals surface area contributed by atoms with Crippen LogP contribution in [0, 0.1) is 6.92 Å². The molecule has 0 aliphatic carbocycles. The van der Waals surface area contributed by atoms with Crippen molar-refractivity contribution >= 4 is 46.3 Å². The number of benzene rings is 1. The summed E-state index contributed by atoms with van der Waals surface area (Å²) in [6.45, 7) is 5.76. The molecule has 0 saturated heterocycles. The Morgan fingerprint density at radius 3 is 2.67 bits per heavy atom. The summed E-state index contributed by atoms with van der Waals surface area (Å²) in [5.41, 5.74) is -0.110. The van der Waals surface area contributed by atoms with Crippen LogP contribution < -0.4 is 10.6 Å². The Kier molecular flexibility index (Phi) is 4.76. The molecule has 112 valence electrons. The van der Waals surface area contributed by atoms with E-state index in [1.54, 1.807) is 35.7 Å². The zero-order chi connectivity index (χ0) is 15.6. The maximum atomic E-state index is 12.1. The molecule has 21 heavy (non-hydrogen) atoms. The number of thiazole rings is 1. The van der Waals surface area contributed by atoms with Crippen LogP contribution in [0.5, 0.6) is 0 Å². The number of aryl methyl sites for hydroxylation is 1. The van der Waals surface area contributed by atoms with Crippen LogP contribution in [0.15, 0.2) is 24.4 Å². The summed E-state index contributed by atoms with van der Waals surface area (Å²) in [4.78, 5) is 17.5. The van der Waals surface area contributed by atoms with Crippen LogP contribution in [0.25, 0.3) is 0 Å². The Balaban J connectivity index is 2.09. The van der Waals surface area contributed by atoms with Crippen LogP contribution >= 0.6 is 34.5 Å². The molecule has 0 bridgehead atoms. The first-order valence-corrected chi connectivity index (χ1v) is 7.82. The van der Waals surface area contributed by atoms with E-state index in [1.165, 1.54) is 0 Å². The molecule has 2 rings (SSSR count). The number of hydrogen-bond acceptors (Lipinski definition) is 3. The molecule has 1 aromatic carbocycles. The quantitative estimate of drug-likeness (QED) is 0.839. The molecule has 0 aliphatic rings. The number of rotatable bonds is 3. The van der Waals surface area contributed by atoms with E-state index in [0.717, 1.165) is 9.88 Å². The predicted octanol–water partition coefficient (Wildman–Crippen LogP) is 4.82. The molecule has 2 N–H and O–H groups in total. The maximum absolute atomic E-state index is 12.1. The zero-order valence-corrected chi connectivity index (χ0v) is 14.2. The van der Waals surface area contributed by atoms with Crippen molar-refractivity contribution in [3.63, 3.8) is 0 Å². The van der Waals surface area contributed by atoms with Crippen molar-refractivity contribution in [1.29, 1.82) is 0 Å². The number of nitrogens with zero attached hydrogens (tertiary/aromatic N) is 1. The fourth-order valence-corrected chi connectivity index (χ4v) is 2.89. The third-order valence-electron chi connectivity index (χ3n) is 2.76. The Morgan fingerprint density at radius 2 is 2.05 bits per heavy atom. The van der Waals surface area contributed by atoms with Gasteiger partial charge >= 0.3 is 6.03 Å². The van der Waals surface area contributed by atoms with Crippen molar-refractivity contribution in [3.05, 3.63) is 44.3 Å². The minimum atomic E-state index is -0.575. The molecule has 0 aliphatic heterocycles. The maximum Gasteiger partial charge on any atom is 0.320 e. The summed E-state index contributed by atoms with van der Waals surface area (Å²) in [5.74, 6) is 0. The van der Waals surface area contributed by atoms with E-state index in [2.05, 4.69) is 15.6 Å². The Labute approximate surface area is 137 Å². The van der Waals surface area contributed by atoms with E-state index in [-0.39, 0.29) is 6.03 Å². The van der Waals surface area contributed by atoms with Gasteiger partial charge < -0.3 is 10.6 Å². The second kappa shape index (κ2) is 6.22. The van der Waals surface area contributed by atoms with E-state index >= 15 is 0 Å². The van der Waals surface area contributed by atoms with E-state index in [4.69, 9.17) is 23.2 Å². The normalized spacial score (nSPS) is 11.3. The number of carbonyl (C=O) groups excluding carboxylic acids is 1. The Bertz CT molecular complexity index is 670. The molecular formula is C14H15Cl2N3OS. The van der Waals surface area contributed by atoms with Crippen LogP contribution in [-0.4, -0.2) is 11.0 Å². The summed E-state index contributed by atoms with van der Waals surface area (Å²) in [5, 5.41) is 7.34. The standard InChI is InChI=1S/C14H15Cl2N3OS/c1-8-7-17-12(21-8)14(2,3)19-13(20)18-11-6-9(15)4-5-10(11)16/h4-7H,1-3H3,(H2,18,19,20). The predicted molar refractivity (Wildman–Crippen MR) is 88.5 cm³/mol. The summed E-state index contributed by atoms with van der Waals surface area (Å²) in [6.07, 6.45) is 1.79. The van der Waals surface area contributed by atoms with E-state index < -0.39 is 5.54 Å². The summed E-state index contributed by atoms with van der Waals surface area (Å²) in [7, 11) is 0. The van der Waals surface area contributed by atoms with Gasteiger partial charge in [-0.25, -0.2) is 9.78 Å². The van der Waals surface area contributed by atoms with Gasteiger partial charge in [-0.1, -0.05) is 23.2 Å². The van der Waals surface area contributed by atoms with E-state index in [0.29, 0.717) is 15.7 Å². The Hall–Kier alpha value is -1.30. The van der Waals surface area contributed by atoms with Gasteiger partial charge in [0.1, 0.15) is 5.01 Å². The first-order chi connectivity index (χ1) is 9.78. The molecule has 1 heterocycles. The van der Waals surface area contributed by atoms with E-state index in [1.807, 2.05) is 20.8 Å². The first-order valence-electron chi connectivity index (χ1n) is 6.25. The fraction of sp³-hybridized carbons (Fsp3) is 0.286. The molecule has 0 atom stereocenters. The molecule has 0 fully saturated rings. The fourth-order valence-electron chi connectivity index (χ4n) is 1.73. The molecule has 0 saturated carbocycles. The van der Waals surface area contributed by atoms with Crippen molar-refractivity contribution < 1.29 is 4.79 Å². The smallest absolute Gasteiger partial charge is 0.320 e. The van der Waals surface area contributed by atoms with Crippen molar-refractivity contribution in [2.75, 3.05) is 5.32 Å². The van der Waals surface area contributed by atoms with Crippen LogP contribution in [0.1, 0.15) is 23.7 Å². The van der Waals surface area contributed by atoms with Crippen molar-refractivity contribution in [1.82, 2.24) is 10.3 Å². The van der Waals surface area contributed by atoms with E-state index in [9.17, 15) is 4.79 Å². The number of hydrogen-bond donors (Lipinski definition) is 2. The topological polar surface area (TPSA) is 54.0 Å². The molecule has 4 nitrogen and oxygen atoms in total. The molecule has 0 unspecified atom stereocenters. The SMILES string of the molecule is Cc1cnc(C(C)(C)NC(=O)Nc2cc(Cl)ccc2Cl)s1. The summed E-state index contributed by atoms with van der Waals surface area (Å²) >= 11 is 13.5. The number of nitrogens with one attached hydrogen (secondary N) is 2. The minimum absolute atomic E-state index is 0.364. The van der Waals surface area contributed by atoms with Gasteiger partial charge in [-0.15, -0.1) is 11.3 Å². The van der Waals surface area contributed by atoms with Gasteiger partial charge in [-0.3, -0.25) is 0 Å². The number of amides is 2. The van der Waals surface area contributed by atoms with Gasteiger partial charge in [0, 0.05) is 16.1 Å². The van der Waals surface area contributed by atoms with Gasteiger partial charge in [0.05, 0.1) is 16.2 Å².